The summed E-state index contributed by atoms with van der Waals surface area (Å²) in [5.41, 5.74) is 12.4. The van der Waals surface area contributed by atoms with Gasteiger partial charge in [0.25, 0.3) is 0 Å². The van der Waals surface area contributed by atoms with Crippen molar-refractivity contribution >= 4 is 10.8 Å². The first-order chi connectivity index (χ1) is 15.7. The standard InChI is InChI=1S/C31H29N/c1-19-14-27-25-9-5-4-8-23(25)17-28(27)29(15-19)31-26-13-12-22(20-6-2-3-7-20)16-24(26)18-30(32-31)21-10-11-21/h4-5,8-9,12-16,18,20-21H,2-3,6-7,10-11,17H2,1H3. The molecule has 0 amide bonds. The van der Waals surface area contributed by atoms with Crippen molar-refractivity contribution in [2.24, 2.45) is 0 Å². The summed E-state index contributed by atoms with van der Waals surface area (Å²) in [6.45, 7) is 2.23. The number of pyridine rings is 1. The summed E-state index contributed by atoms with van der Waals surface area (Å²) in [6, 6.07) is 23.3. The molecule has 7 rings (SSSR count). The van der Waals surface area contributed by atoms with E-state index in [1.54, 1.807) is 0 Å². The lowest BCUT2D eigenvalue weighted by atomic mass is 9.91. The maximum absolute atomic E-state index is 5.34. The van der Waals surface area contributed by atoms with E-state index in [4.69, 9.17) is 4.98 Å². The van der Waals surface area contributed by atoms with Crippen molar-refractivity contribution in [2.45, 2.75) is 63.7 Å². The summed E-state index contributed by atoms with van der Waals surface area (Å²) < 4.78 is 0. The van der Waals surface area contributed by atoms with Crippen molar-refractivity contribution in [2.75, 3.05) is 0 Å². The van der Waals surface area contributed by atoms with Crippen LogP contribution in [0.5, 0.6) is 0 Å². The van der Waals surface area contributed by atoms with E-state index >= 15 is 0 Å². The SMILES string of the molecule is Cc1cc2c(c(-c3nc(C4CC4)cc4cc(C5CCCC5)ccc34)c1)Cc1ccccc1-2. The lowest BCUT2D eigenvalue weighted by Gasteiger charge is -2.16. The molecule has 158 valence electrons. The molecule has 3 aliphatic carbocycles. The maximum Gasteiger partial charge on any atom is 0.0786 e. The molecule has 2 saturated carbocycles. The molecule has 1 heterocycles. The fourth-order valence-corrected chi connectivity index (χ4v) is 6.19. The minimum atomic E-state index is 0.656. The number of nitrogens with zero attached hydrogens (tertiary/aromatic N) is 1. The van der Waals surface area contributed by atoms with Crippen LogP contribution in [0.15, 0.2) is 60.7 Å². The second-order valence-electron chi connectivity index (χ2n) is 10.3. The molecule has 0 atom stereocenters. The Labute approximate surface area is 190 Å². The van der Waals surface area contributed by atoms with E-state index in [0.717, 1.165) is 12.3 Å². The first kappa shape index (κ1) is 18.6. The highest BCUT2D eigenvalue weighted by Crippen LogP contribution is 2.46. The number of aryl methyl sites for hydroxylation is 1. The third kappa shape index (κ3) is 2.94. The van der Waals surface area contributed by atoms with Gasteiger partial charge < -0.3 is 0 Å². The van der Waals surface area contributed by atoms with Gasteiger partial charge in [-0.25, -0.2) is 0 Å². The predicted octanol–water partition coefficient (Wildman–Crippen LogP) is 8.32. The normalized spacial score (nSPS) is 17.7. The first-order valence-electron chi connectivity index (χ1n) is 12.4. The van der Waals surface area contributed by atoms with Gasteiger partial charge in [0.1, 0.15) is 0 Å². The van der Waals surface area contributed by atoms with Gasteiger partial charge in [-0.2, -0.15) is 0 Å². The van der Waals surface area contributed by atoms with E-state index < -0.39 is 0 Å². The van der Waals surface area contributed by atoms with E-state index in [1.807, 2.05) is 0 Å². The van der Waals surface area contributed by atoms with Gasteiger partial charge in [0.15, 0.2) is 0 Å². The number of benzene rings is 3. The topological polar surface area (TPSA) is 12.9 Å². The largest absolute Gasteiger partial charge is 0.252 e. The number of rotatable bonds is 3. The van der Waals surface area contributed by atoms with Gasteiger partial charge in [-0.15, -0.1) is 0 Å². The number of aromatic nitrogens is 1. The Hall–Kier alpha value is -2.93. The highest BCUT2D eigenvalue weighted by atomic mass is 14.7. The van der Waals surface area contributed by atoms with E-state index in [2.05, 4.69) is 67.6 Å². The van der Waals surface area contributed by atoms with E-state index in [-0.39, 0.29) is 0 Å². The molecule has 0 aliphatic heterocycles. The van der Waals surface area contributed by atoms with Crippen molar-refractivity contribution in [3.8, 4) is 22.4 Å². The van der Waals surface area contributed by atoms with Gasteiger partial charge >= 0.3 is 0 Å². The van der Waals surface area contributed by atoms with Gasteiger partial charge in [0.05, 0.1) is 5.69 Å². The van der Waals surface area contributed by atoms with Gasteiger partial charge in [0, 0.05) is 22.6 Å². The van der Waals surface area contributed by atoms with Crippen LogP contribution >= 0.6 is 0 Å². The second kappa shape index (κ2) is 7.04. The van der Waals surface area contributed by atoms with Crippen LogP contribution in [-0.2, 0) is 6.42 Å². The summed E-state index contributed by atoms with van der Waals surface area (Å²) >= 11 is 0. The van der Waals surface area contributed by atoms with Crippen LogP contribution < -0.4 is 0 Å². The average molecular weight is 416 g/mol. The molecule has 1 aromatic heterocycles. The molecule has 0 saturated heterocycles. The Bertz CT molecular complexity index is 1370. The second-order valence-corrected chi connectivity index (χ2v) is 10.3. The first-order valence-corrected chi connectivity index (χ1v) is 12.4. The lowest BCUT2D eigenvalue weighted by molar-refractivity contribution is 0.724. The van der Waals surface area contributed by atoms with Crippen LogP contribution in [0.2, 0.25) is 0 Å². The monoisotopic (exact) mass is 415 g/mol. The summed E-state index contributed by atoms with van der Waals surface area (Å²) in [6.07, 6.45) is 9.06. The molecular weight excluding hydrogens is 386 g/mol. The molecule has 0 N–H and O–H groups in total. The fourth-order valence-electron chi connectivity index (χ4n) is 6.19. The summed E-state index contributed by atoms with van der Waals surface area (Å²) in [5.74, 6) is 1.40. The zero-order valence-corrected chi connectivity index (χ0v) is 18.8. The van der Waals surface area contributed by atoms with E-state index in [9.17, 15) is 0 Å². The highest BCUT2D eigenvalue weighted by molar-refractivity contribution is 5.98. The smallest absolute Gasteiger partial charge is 0.0786 e. The van der Waals surface area contributed by atoms with E-state index in [0.29, 0.717) is 5.92 Å². The van der Waals surface area contributed by atoms with Gasteiger partial charge in [-0.3, -0.25) is 4.98 Å². The third-order valence-corrected chi connectivity index (χ3v) is 8.02. The molecule has 3 aromatic carbocycles. The number of hydrogen-bond donors (Lipinski definition) is 0. The van der Waals surface area contributed by atoms with Gasteiger partial charge in [-0.05, 0) is 95.8 Å². The Kier molecular flexibility index (Phi) is 4.09. The van der Waals surface area contributed by atoms with Crippen molar-refractivity contribution < 1.29 is 0 Å². The number of hydrogen-bond acceptors (Lipinski definition) is 1. The maximum atomic E-state index is 5.34. The molecule has 0 unspecified atom stereocenters. The van der Waals surface area contributed by atoms with Crippen LogP contribution in [0.25, 0.3) is 33.2 Å². The molecule has 1 nitrogen and oxygen atoms in total. The molecule has 0 radical (unpaired) electrons. The molecule has 4 aromatic rings. The quantitative estimate of drug-likeness (QED) is 0.289. The molecule has 0 bridgehead atoms. The predicted molar refractivity (Wildman–Crippen MR) is 133 cm³/mol. The van der Waals surface area contributed by atoms with Gasteiger partial charge in [0.2, 0.25) is 0 Å². The zero-order chi connectivity index (χ0) is 21.2. The van der Waals surface area contributed by atoms with E-state index in [1.165, 1.54) is 99.6 Å². The fraction of sp³-hybridized carbons (Fsp3) is 0.323. The minimum absolute atomic E-state index is 0.656. The Morgan fingerprint density at radius 2 is 1.56 bits per heavy atom. The Balaban J connectivity index is 1.46. The zero-order valence-electron chi connectivity index (χ0n) is 18.8. The van der Waals surface area contributed by atoms with Crippen LogP contribution in [-0.4, -0.2) is 4.98 Å². The number of fused-ring (bicyclic) bond motifs is 4. The molecule has 1 heteroatoms. The third-order valence-electron chi connectivity index (χ3n) is 8.02. The molecule has 32 heavy (non-hydrogen) atoms. The van der Waals surface area contributed by atoms with Crippen LogP contribution in [0.3, 0.4) is 0 Å². The lowest BCUT2D eigenvalue weighted by Crippen LogP contribution is -1.98. The van der Waals surface area contributed by atoms with Gasteiger partial charge in [-0.1, -0.05) is 61.4 Å². The molecular formula is C31H29N. The van der Waals surface area contributed by atoms with Crippen LogP contribution in [0.1, 0.15) is 78.3 Å². The van der Waals surface area contributed by atoms with Crippen molar-refractivity contribution in [3.05, 3.63) is 88.6 Å². The van der Waals surface area contributed by atoms with Crippen LogP contribution in [0, 0.1) is 6.92 Å². The van der Waals surface area contributed by atoms with Crippen molar-refractivity contribution in [3.63, 3.8) is 0 Å². The molecule has 0 spiro atoms. The van der Waals surface area contributed by atoms with Crippen molar-refractivity contribution in [1.29, 1.82) is 0 Å². The van der Waals surface area contributed by atoms with Crippen LogP contribution in [0.4, 0.5) is 0 Å². The van der Waals surface area contributed by atoms with Crippen molar-refractivity contribution in [1.82, 2.24) is 4.98 Å². The molecule has 3 aliphatic rings. The Morgan fingerprint density at radius 3 is 2.41 bits per heavy atom. The summed E-state index contributed by atoms with van der Waals surface area (Å²) in [5, 5.41) is 2.71. The summed E-state index contributed by atoms with van der Waals surface area (Å²) in [7, 11) is 0. The highest BCUT2D eigenvalue weighted by Gasteiger charge is 2.28. The molecule has 2 fully saturated rings. The average Bonchev–Trinajstić information content (AvgIpc) is 3.39. The minimum Gasteiger partial charge on any atom is -0.252 e. The Morgan fingerprint density at radius 1 is 0.750 bits per heavy atom. The summed E-state index contributed by atoms with van der Waals surface area (Å²) in [4.78, 5) is 5.34.